The first-order chi connectivity index (χ1) is 10.4. The smallest absolute Gasteiger partial charge is 0.251 e. The van der Waals surface area contributed by atoms with Crippen molar-refractivity contribution in [2.24, 2.45) is 5.92 Å². The molecule has 0 saturated heterocycles. The van der Waals surface area contributed by atoms with Gasteiger partial charge in [0.1, 0.15) is 0 Å². The van der Waals surface area contributed by atoms with Gasteiger partial charge < -0.3 is 5.32 Å². The first kappa shape index (κ1) is 17.0. The molecule has 1 amide bonds. The van der Waals surface area contributed by atoms with Crippen LogP contribution in [0.3, 0.4) is 0 Å². The summed E-state index contributed by atoms with van der Waals surface area (Å²) in [7, 11) is -3.47. The zero-order valence-electron chi connectivity index (χ0n) is 13.1. The van der Waals surface area contributed by atoms with E-state index in [2.05, 4.69) is 17.0 Å². The van der Waals surface area contributed by atoms with Crippen molar-refractivity contribution in [3.63, 3.8) is 0 Å². The van der Waals surface area contributed by atoms with Gasteiger partial charge in [0, 0.05) is 18.2 Å². The van der Waals surface area contributed by atoms with Crippen molar-refractivity contribution in [1.82, 2.24) is 10.0 Å². The molecule has 0 radical (unpaired) electrons. The number of benzene rings is 1. The van der Waals surface area contributed by atoms with Crippen LogP contribution in [0.4, 0.5) is 0 Å². The van der Waals surface area contributed by atoms with Gasteiger partial charge >= 0.3 is 0 Å². The summed E-state index contributed by atoms with van der Waals surface area (Å²) in [6.45, 7) is 4.23. The number of carbonyl (C=O) groups is 1. The van der Waals surface area contributed by atoms with E-state index < -0.39 is 10.0 Å². The van der Waals surface area contributed by atoms with Gasteiger partial charge in [0.05, 0.1) is 4.90 Å². The van der Waals surface area contributed by atoms with Crippen LogP contribution >= 0.6 is 0 Å². The Balaban J connectivity index is 2.05. The first-order valence-corrected chi connectivity index (χ1v) is 9.33. The van der Waals surface area contributed by atoms with E-state index in [-0.39, 0.29) is 16.8 Å². The molecule has 1 fully saturated rings. The van der Waals surface area contributed by atoms with Gasteiger partial charge in [-0.1, -0.05) is 26.7 Å². The summed E-state index contributed by atoms with van der Waals surface area (Å²) < 4.78 is 26.2. The van der Waals surface area contributed by atoms with Crippen molar-refractivity contribution < 1.29 is 13.2 Å². The normalized spacial score (nSPS) is 22.3. The predicted octanol–water partition coefficient (Wildman–Crippen LogP) is 2.29. The molecule has 1 aromatic carbocycles. The van der Waals surface area contributed by atoms with E-state index >= 15 is 0 Å². The standard InChI is InChI=1S/C16H24N2O3S/c1-3-17-22(20,21)14-10-8-13(9-11-14)16(19)18-15-7-5-4-6-12(15)2/h8-12,15,17H,3-7H2,1-2H3,(H,18,19)/t12-,15+/m0/s1. The van der Waals surface area contributed by atoms with Crippen LogP contribution in [0.15, 0.2) is 29.2 Å². The fraction of sp³-hybridized carbons (Fsp3) is 0.562. The second-order valence-electron chi connectivity index (χ2n) is 5.87. The number of amides is 1. The highest BCUT2D eigenvalue weighted by Gasteiger charge is 2.23. The summed E-state index contributed by atoms with van der Waals surface area (Å²) in [6, 6.07) is 6.28. The third-order valence-corrected chi connectivity index (χ3v) is 5.75. The molecule has 0 aromatic heterocycles. The Hall–Kier alpha value is -1.40. The molecule has 0 spiro atoms. The van der Waals surface area contributed by atoms with Crippen LogP contribution in [0.1, 0.15) is 49.9 Å². The molecule has 2 rings (SSSR count). The van der Waals surface area contributed by atoms with Crippen molar-refractivity contribution >= 4 is 15.9 Å². The van der Waals surface area contributed by atoms with Gasteiger partial charge in [0.25, 0.3) is 5.91 Å². The molecule has 0 bridgehead atoms. The SMILES string of the molecule is CCNS(=O)(=O)c1ccc(C(=O)N[C@@H]2CCCC[C@@H]2C)cc1. The average molecular weight is 324 g/mol. The van der Waals surface area contributed by atoms with E-state index in [1.54, 1.807) is 19.1 Å². The molecule has 1 aliphatic carbocycles. The van der Waals surface area contributed by atoms with E-state index in [4.69, 9.17) is 0 Å². The summed E-state index contributed by atoms with van der Waals surface area (Å²) in [5.74, 6) is 0.359. The minimum Gasteiger partial charge on any atom is -0.349 e. The quantitative estimate of drug-likeness (QED) is 0.872. The Bertz CT molecular complexity index is 611. The molecule has 0 heterocycles. The van der Waals surface area contributed by atoms with E-state index in [9.17, 15) is 13.2 Å². The Morgan fingerprint density at radius 2 is 1.82 bits per heavy atom. The van der Waals surface area contributed by atoms with Crippen LogP contribution in [-0.2, 0) is 10.0 Å². The first-order valence-electron chi connectivity index (χ1n) is 7.84. The minimum absolute atomic E-state index is 0.133. The van der Waals surface area contributed by atoms with Gasteiger partial charge in [-0.2, -0.15) is 0 Å². The molecule has 6 heteroatoms. The molecular weight excluding hydrogens is 300 g/mol. The van der Waals surface area contributed by atoms with Crippen molar-refractivity contribution in [3.05, 3.63) is 29.8 Å². The van der Waals surface area contributed by atoms with Crippen molar-refractivity contribution in [1.29, 1.82) is 0 Å². The largest absolute Gasteiger partial charge is 0.349 e. The molecule has 2 N–H and O–H groups in total. The van der Waals surface area contributed by atoms with Crippen molar-refractivity contribution in [2.75, 3.05) is 6.54 Å². The second kappa shape index (κ2) is 7.24. The van der Waals surface area contributed by atoms with Crippen molar-refractivity contribution in [2.45, 2.75) is 50.5 Å². The summed E-state index contributed by atoms with van der Waals surface area (Å²) in [6.07, 6.45) is 4.53. The Morgan fingerprint density at radius 1 is 1.18 bits per heavy atom. The second-order valence-corrected chi connectivity index (χ2v) is 7.63. The van der Waals surface area contributed by atoms with Crippen LogP contribution in [0.25, 0.3) is 0 Å². The zero-order chi connectivity index (χ0) is 16.2. The lowest BCUT2D eigenvalue weighted by Gasteiger charge is -2.29. The molecule has 122 valence electrons. The van der Waals surface area contributed by atoms with Gasteiger partial charge in [-0.05, 0) is 43.0 Å². The van der Waals surface area contributed by atoms with Gasteiger partial charge in [-0.3, -0.25) is 4.79 Å². The van der Waals surface area contributed by atoms with Crippen LogP contribution < -0.4 is 10.0 Å². The minimum atomic E-state index is -3.47. The summed E-state index contributed by atoms with van der Waals surface area (Å²) >= 11 is 0. The maximum atomic E-state index is 12.3. The van der Waals surface area contributed by atoms with Crippen LogP contribution in [0.5, 0.6) is 0 Å². The van der Waals surface area contributed by atoms with E-state index in [0.717, 1.165) is 19.3 Å². The highest BCUT2D eigenvalue weighted by molar-refractivity contribution is 7.89. The summed E-state index contributed by atoms with van der Waals surface area (Å²) in [4.78, 5) is 12.4. The van der Waals surface area contributed by atoms with Gasteiger partial charge in [0.15, 0.2) is 0 Å². The lowest BCUT2D eigenvalue weighted by Crippen LogP contribution is -2.41. The maximum absolute atomic E-state index is 12.3. The molecule has 0 aliphatic heterocycles. The van der Waals surface area contributed by atoms with E-state index in [0.29, 0.717) is 18.0 Å². The van der Waals surface area contributed by atoms with Gasteiger partial charge in [-0.15, -0.1) is 0 Å². The number of hydrogen-bond acceptors (Lipinski definition) is 3. The van der Waals surface area contributed by atoms with Crippen molar-refractivity contribution in [3.8, 4) is 0 Å². The van der Waals surface area contributed by atoms with E-state index in [1.807, 2.05) is 0 Å². The molecule has 1 aromatic rings. The number of hydrogen-bond donors (Lipinski definition) is 2. The molecule has 1 saturated carbocycles. The Labute approximate surface area is 132 Å². The lowest BCUT2D eigenvalue weighted by atomic mass is 9.86. The van der Waals surface area contributed by atoms with E-state index in [1.165, 1.54) is 18.6 Å². The number of rotatable bonds is 5. The van der Waals surface area contributed by atoms with Crippen LogP contribution in [0, 0.1) is 5.92 Å². The molecule has 5 nitrogen and oxygen atoms in total. The number of nitrogens with one attached hydrogen (secondary N) is 2. The summed E-state index contributed by atoms with van der Waals surface area (Å²) in [5, 5.41) is 3.06. The topological polar surface area (TPSA) is 75.3 Å². The molecular formula is C16H24N2O3S. The Kier molecular flexibility index (Phi) is 5.58. The third-order valence-electron chi connectivity index (χ3n) is 4.19. The summed E-state index contributed by atoms with van der Waals surface area (Å²) in [5.41, 5.74) is 0.494. The van der Waals surface area contributed by atoms with Gasteiger partial charge in [0.2, 0.25) is 10.0 Å². The fourth-order valence-corrected chi connectivity index (χ4v) is 3.88. The third kappa shape index (κ3) is 4.08. The number of sulfonamides is 1. The highest BCUT2D eigenvalue weighted by Crippen LogP contribution is 2.24. The zero-order valence-corrected chi connectivity index (χ0v) is 13.9. The fourth-order valence-electron chi connectivity index (χ4n) is 2.84. The average Bonchev–Trinajstić information content (AvgIpc) is 2.49. The van der Waals surface area contributed by atoms with Gasteiger partial charge in [-0.25, -0.2) is 13.1 Å². The van der Waals surface area contributed by atoms with Crippen LogP contribution in [-0.4, -0.2) is 26.9 Å². The lowest BCUT2D eigenvalue weighted by molar-refractivity contribution is 0.0910. The Morgan fingerprint density at radius 3 is 2.41 bits per heavy atom. The maximum Gasteiger partial charge on any atom is 0.251 e. The van der Waals surface area contributed by atoms with Crippen LogP contribution in [0.2, 0.25) is 0 Å². The highest BCUT2D eigenvalue weighted by atomic mass is 32.2. The monoisotopic (exact) mass is 324 g/mol. The number of carbonyl (C=O) groups excluding carboxylic acids is 1. The molecule has 2 atom stereocenters. The molecule has 0 unspecified atom stereocenters. The molecule has 22 heavy (non-hydrogen) atoms. The molecule has 1 aliphatic rings. The predicted molar refractivity (Wildman–Crippen MR) is 86.2 cm³/mol.